The molecule has 0 aliphatic carbocycles. The van der Waals surface area contributed by atoms with Crippen molar-refractivity contribution in [3.63, 3.8) is 0 Å². The first-order valence-electron chi connectivity index (χ1n) is 8.70. The molecule has 0 unspecified atom stereocenters. The first-order chi connectivity index (χ1) is 13.2. The molecule has 3 aromatic heterocycles. The number of hydrogen-bond donors (Lipinski definition) is 0. The van der Waals surface area contributed by atoms with Crippen LogP contribution < -0.4 is 4.90 Å². The first kappa shape index (κ1) is 16.2. The van der Waals surface area contributed by atoms with Crippen molar-refractivity contribution < 1.29 is 4.39 Å². The van der Waals surface area contributed by atoms with Gasteiger partial charge in [-0.2, -0.15) is 0 Å². The maximum absolute atomic E-state index is 14.4. The molecule has 5 rings (SSSR count). The average molecular weight is 380 g/mol. The van der Waals surface area contributed by atoms with Crippen LogP contribution in [0.3, 0.4) is 0 Å². The van der Waals surface area contributed by atoms with Crippen LogP contribution in [0.4, 0.5) is 10.1 Å². The molecule has 4 heterocycles. The zero-order valence-electron chi connectivity index (χ0n) is 14.3. The Bertz CT molecular complexity index is 1150. The van der Waals surface area contributed by atoms with Gasteiger partial charge in [0.2, 0.25) is 0 Å². The fourth-order valence-electron chi connectivity index (χ4n) is 3.21. The minimum absolute atomic E-state index is 0.319. The Morgan fingerprint density at radius 2 is 1.96 bits per heavy atom. The Labute approximate surface area is 160 Å². The van der Waals surface area contributed by atoms with Crippen molar-refractivity contribution in [2.45, 2.75) is 6.42 Å². The molecular formula is C20H15ClFN5. The van der Waals surface area contributed by atoms with E-state index in [-0.39, 0.29) is 5.82 Å². The van der Waals surface area contributed by atoms with Gasteiger partial charge in [-0.3, -0.25) is 4.98 Å². The van der Waals surface area contributed by atoms with Crippen molar-refractivity contribution in [2.75, 3.05) is 18.0 Å². The molecule has 1 aliphatic rings. The van der Waals surface area contributed by atoms with Gasteiger partial charge in [0.05, 0.1) is 10.7 Å². The van der Waals surface area contributed by atoms with Crippen molar-refractivity contribution in [1.29, 1.82) is 0 Å². The average Bonchev–Trinajstić information content (AvgIpc) is 3.05. The first-order valence-corrected chi connectivity index (χ1v) is 9.08. The normalized spacial score (nSPS) is 13.8. The molecule has 5 nitrogen and oxygen atoms in total. The highest BCUT2D eigenvalue weighted by atomic mass is 35.5. The number of nitrogens with zero attached hydrogens (tertiary/aromatic N) is 5. The zero-order valence-corrected chi connectivity index (χ0v) is 15.1. The van der Waals surface area contributed by atoms with Crippen LogP contribution in [0.1, 0.15) is 6.42 Å². The molecule has 1 saturated heterocycles. The second kappa shape index (κ2) is 6.32. The number of halogens is 2. The van der Waals surface area contributed by atoms with E-state index in [2.05, 4.69) is 20.0 Å². The maximum Gasteiger partial charge on any atom is 0.181 e. The van der Waals surface area contributed by atoms with Crippen molar-refractivity contribution in [3.8, 4) is 16.9 Å². The molecule has 1 aromatic carbocycles. The molecule has 1 fully saturated rings. The summed E-state index contributed by atoms with van der Waals surface area (Å²) in [5, 5.41) is 5.79. The fourth-order valence-corrected chi connectivity index (χ4v) is 3.45. The van der Waals surface area contributed by atoms with Gasteiger partial charge < -0.3 is 4.90 Å². The molecular weight excluding hydrogens is 365 g/mol. The predicted octanol–water partition coefficient (Wildman–Crippen LogP) is 4.49. The van der Waals surface area contributed by atoms with E-state index < -0.39 is 0 Å². The van der Waals surface area contributed by atoms with E-state index in [0.717, 1.165) is 29.7 Å². The van der Waals surface area contributed by atoms with Crippen LogP contribution in [0.5, 0.6) is 0 Å². The van der Waals surface area contributed by atoms with Crippen molar-refractivity contribution in [3.05, 3.63) is 65.8 Å². The quantitative estimate of drug-likeness (QED) is 0.526. The topological polar surface area (TPSA) is 46.8 Å². The lowest BCUT2D eigenvalue weighted by molar-refractivity contribution is 0.601. The third-order valence-electron chi connectivity index (χ3n) is 4.79. The number of fused-ring (bicyclic) bond motifs is 1. The number of anilines is 1. The molecule has 7 heteroatoms. The molecule has 0 saturated carbocycles. The largest absolute Gasteiger partial charge is 0.371 e. The van der Waals surface area contributed by atoms with Crippen molar-refractivity contribution >= 4 is 28.3 Å². The highest BCUT2D eigenvalue weighted by Crippen LogP contribution is 2.29. The van der Waals surface area contributed by atoms with Crippen LogP contribution in [-0.4, -0.2) is 32.8 Å². The summed E-state index contributed by atoms with van der Waals surface area (Å²) in [6.45, 7) is 2.00. The van der Waals surface area contributed by atoms with Crippen LogP contribution in [0.2, 0.25) is 5.02 Å². The van der Waals surface area contributed by atoms with Gasteiger partial charge in [0.15, 0.2) is 5.65 Å². The van der Waals surface area contributed by atoms with E-state index in [0.29, 0.717) is 22.1 Å². The van der Waals surface area contributed by atoms with Gasteiger partial charge >= 0.3 is 0 Å². The highest BCUT2D eigenvalue weighted by molar-refractivity contribution is 6.33. The van der Waals surface area contributed by atoms with E-state index in [1.54, 1.807) is 41.5 Å². The lowest BCUT2D eigenvalue weighted by atomic mass is 10.1. The maximum atomic E-state index is 14.4. The van der Waals surface area contributed by atoms with Gasteiger partial charge in [-0.1, -0.05) is 11.6 Å². The van der Waals surface area contributed by atoms with Gasteiger partial charge in [0.1, 0.15) is 11.5 Å². The minimum Gasteiger partial charge on any atom is -0.371 e. The van der Waals surface area contributed by atoms with E-state index >= 15 is 0 Å². The van der Waals surface area contributed by atoms with E-state index in [1.165, 1.54) is 12.5 Å². The Balaban J connectivity index is 1.58. The molecule has 0 bridgehead atoms. The molecule has 0 spiro atoms. The lowest BCUT2D eigenvalue weighted by Gasteiger charge is -2.33. The fraction of sp³-hybridized carbons (Fsp3) is 0.150. The monoisotopic (exact) mass is 379 g/mol. The van der Waals surface area contributed by atoms with Gasteiger partial charge in [-0.25, -0.2) is 14.1 Å². The summed E-state index contributed by atoms with van der Waals surface area (Å²) in [4.78, 5) is 10.9. The van der Waals surface area contributed by atoms with E-state index in [1.807, 2.05) is 12.1 Å². The summed E-state index contributed by atoms with van der Waals surface area (Å²) in [5.74, 6) is -0.319. The van der Waals surface area contributed by atoms with Gasteiger partial charge in [-0.05, 0) is 42.8 Å². The smallest absolute Gasteiger partial charge is 0.181 e. The summed E-state index contributed by atoms with van der Waals surface area (Å²) in [7, 11) is 0. The number of benzene rings is 1. The van der Waals surface area contributed by atoms with Crippen LogP contribution in [0, 0.1) is 5.82 Å². The molecule has 134 valence electrons. The lowest BCUT2D eigenvalue weighted by Crippen LogP contribution is -2.37. The van der Waals surface area contributed by atoms with Crippen LogP contribution >= 0.6 is 11.6 Å². The summed E-state index contributed by atoms with van der Waals surface area (Å²) < 4.78 is 16.0. The summed E-state index contributed by atoms with van der Waals surface area (Å²) in [5.41, 5.74) is 3.41. The van der Waals surface area contributed by atoms with Crippen molar-refractivity contribution in [2.24, 2.45) is 0 Å². The molecule has 0 N–H and O–H groups in total. The third kappa shape index (κ3) is 2.82. The minimum atomic E-state index is -0.319. The molecule has 4 aromatic rings. The van der Waals surface area contributed by atoms with Crippen LogP contribution in [0.15, 0.2) is 55.0 Å². The summed E-state index contributed by atoms with van der Waals surface area (Å²) in [6.07, 6.45) is 6.31. The second-order valence-corrected chi connectivity index (χ2v) is 6.93. The Kier molecular flexibility index (Phi) is 3.79. The van der Waals surface area contributed by atoms with Gasteiger partial charge in [0, 0.05) is 48.3 Å². The van der Waals surface area contributed by atoms with E-state index in [9.17, 15) is 4.39 Å². The third-order valence-corrected chi connectivity index (χ3v) is 5.09. The van der Waals surface area contributed by atoms with E-state index in [4.69, 9.17) is 11.6 Å². The van der Waals surface area contributed by atoms with Gasteiger partial charge in [-0.15, -0.1) is 5.10 Å². The number of rotatable bonds is 3. The number of pyridine rings is 2. The number of aromatic nitrogens is 4. The zero-order chi connectivity index (χ0) is 18.4. The summed E-state index contributed by atoms with van der Waals surface area (Å²) in [6, 6.07) is 10.6. The molecule has 1 aliphatic heterocycles. The Morgan fingerprint density at radius 3 is 2.74 bits per heavy atom. The van der Waals surface area contributed by atoms with Crippen molar-refractivity contribution in [1.82, 2.24) is 19.7 Å². The summed E-state index contributed by atoms with van der Waals surface area (Å²) >= 11 is 6.23. The number of hydrogen-bond acceptors (Lipinski definition) is 4. The van der Waals surface area contributed by atoms with Crippen LogP contribution in [0.25, 0.3) is 28.0 Å². The molecule has 27 heavy (non-hydrogen) atoms. The Hall–Kier alpha value is -2.99. The predicted molar refractivity (Wildman–Crippen MR) is 104 cm³/mol. The molecule has 0 radical (unpaired) electrons. The molecule has 0 atom stereocenters. The highest BCUT2D eigenvalue weighted by Gasteiger charge is 2.17. The SMILES string of the molecule is Fc1ccc(N2CCC2)cc1-n1cc2cc(-c3ncccc3Cl)cnc2n1. The van der Waals surface area contributed by atoms with Gasteiger partial charge in [0.25, 0.3) is 0 Å². The van der Waals surface area contributed by atoms with Crippen LogP contribution in [-0.2, 0) is 0 Å². The second-order valence-electron chi connectivity index (χ2n) is 6.52. The Morgan fingerprint density at radius 1 is 1.07 bits per heavy atom. The molecule has 0 amide bonds. The standard InChI is InChI=1S/C20H15ClFN5/c21-16-3-1-6-23-19(16)13-9-14-12-27(25-20(14)24-11-13)18-10-15(4-5-17(18)22)26-7-2-8-26/h1,3-6,9-12H,2,7-8H2.